The zero-order valence-corrected chi connectivity index (χ0v) is 8.19. The van der Waals surface area contributed by atoms with E-state index in [1.54, 1.807) is 0 Å². The largest absolute Gasteiger partial charge is 0.309 e. The minimum atomic E-state index is 0.640. The molecule has 0 aromatic carbocycles. The van der Waals surface area contributed by atoms with Gasteiger partial charge in [0.2, 0.25) is 0 Å². The second-order valence-electron chi connectivity index (χ2n) is 3.12. The lowest BCUT2D eigenvalue weighted by Crippen LogP contribution is -2.53. The number of rotatable bonds is 1. The van der Waals surface area contributed by atoms with Crippen LogP contribution < -0.4 is 5.32 Å². The van der Waals surface area contributed by atoms with E-state index in [4.69, 9.17) is 0 Å². The van der Waals surface area contributed by atoms with Crippen LogP contribution in [0.25, 0.3) is 0 Å². The lowest BCUT2D eigenvalue weighted by atomic mass is 10.2. The molecule has 2 nitrogen and oxygen atoms in total. The van der Waals surface area contributed by atoms with Crippen LogP contribution in [-0.4, -0.2) is 35.5 Å². The van der Waals surface area contributed by atoms with Crippen LogP contribution in [0.15, 0.2) is 0 Å². The summed E-state index contributed by atoms with van der Waals surface area (Å²) in [5.74, 6) is 0. The second-order valence-corrected chi connectivity index (χ2v) is 3.63. The van der Waals surface area contributed by atoms with Gasteiger partial charge >= 0.3 is 0 Å². The summed E-state index contributed by atoms with van der Waals surface area (Å²) in [7, 11) is 0. The Labute approximate surface area is 71.1 Å². The molecule has 1 fully saturated rings. The van der Waals surface area contributed by atoms with Crippen molar-refractivity contribution in [3.8, 4) is 0 Å². The van der Waals surface area contributed by atoms with Gasteiger partial charge in [-0.15, -0.1) is 0 Å². The maximum atomic E-state index is 3.48. The SMILES string of the molecule is CC1CN(CBr)CC(C)N1. The van der Waals surface area contributed by atoms with Crippen molar-refractivity contribution in [2.75, 3.05) is 18.5 Å². The molecule has 0 spiro atoms. The van der Waals surface area contributed by atoms with Crippen molar-refractivity contribution in [2.45, 2.75) is 25.9 Å². The van der Waals surface area contributed by atoms with Crippen LogP contribution in [0, 0.1) is 0 Å². The smallest absolute Gasteiger partial charge is 0.0543 e. The fraction of sp³-hybridized carbons (Fsp3) is 1.00. The van der Waals surface area contributed by atoms with E-state index in [-0.39, 0.29) is 0 Å². The van der Waals surface area contributed by atoms with Crippen molar-refractivity contribution in [1.82, 2.24) is 10.2 Å². The molecule has 1 N–H and O–H groups in total. The molecule has 1 saturated heterocycles. The molecule has 1 heterocycles. The Bertz CT molecular complexity index is 97.8. The number of nitrogens with one attached hydrogen (secondary N) is 1. The quantitative estimate of drug-likeness (QED) is 0.510. The van der Waals surface area contributed by atoms with Crippen LogP contribution in [0.3, 0.4) is 0 Å². The van der Waals surface area contributed by atoms with Gasteiger partial charge in [0.05, 0.1) is 5.45 Å². The fourth-order valence-corrected chi connectivity index (χ4v) is 1.95. The molecule has 1 rings (SSSR count). The van der Waals surface area contributed by atoms with E-state index in [0.717, 1.165) is 18.5 Å². The van der Waals surface area contributed by atoms with E-state index >= 15 is 0 Å². The summed E-state index contributed by atoms with van der Waals surface area (Å²) < 4.78 is 0. The Hall–Kier alpha value is 0.400. The molecule has 0 saturated carbocycles. The molecule has 60 valence electrons. The lowest BCUT2D eigenvalue weighted by molar-refractivity contribution is 0.202. The molecule has 2 atom stereocenters. The Kier molecular flexibility index (Phi) is 3.14. The van der Waals surface area contributed by atoms with E-state index in [0.29, 0.717) is 12.1 Å². The lowest BCUT2D eigenvalue weighted by Gasteiger charge is -2.34. The van der Waals surface area contributed by atoms with Gasteiger partial charge in [0.1, 0.15) is 0 Å². The van der Waals surface area contributed by atoms with Crippen molar-refractivity contribution in [2.24, 2.45) is 0 Å². The van der Waals surface area contributed by atoms with Crippen LogP contribution in [-0.2, 0) is 0 Å². The van der Waals surface area contributed by atoms with Gasteiger partial charge in [0.25, 0.3) is 0 Å². The predicted molar refractivity (Wildman–Crippen MR) is 47.4 cm³/mol. The molecule has 0 radical (unpaired) electrons. The summed E-state index contributed by atoms with van der Waals surface area (Å²) in [6.07, 6.45) is 0. The van der Waals surface area contributed by atoms with Crippen molar-refractivity contribution in [3.63, 3.8) is 0 Å². The molecular weight excluding hydrogens is 192 g/mol. The number of nitrogens with zero attached hydrogens (tertiary/aromatic N) is 1. The number of alkyl halides is 1. The fourth-order valence-electron chi connectivity index (χ4n) is 1.54. The van der Waals surface area contributed by atoms with Crippen LogP contribution in [0.2, 0.25) is 0 Å². The normalized spacial score (nSPS) is 36.3. The van der Waals surface area contributed by atoms with Gasteiger partial charge in [-0.3, -0.25) is 4.90 Å². The van der Waals surface area contributed by atoms with Crippen LogP contribution >= 0.6 is 15.9 Å². The van der Waals surface area contributed by atoms with E-state index in [2.05, 4.69) is 40.0 Å². The second kappa shape index (κ2) is 3.69. The highest BCUT2D eigenvalue weighted by Crippen LogP contribution is 2.04. The molecule has 1 aliphatic heterocycles. The van der Waals surface area contributed by atoms with Gasteiger partial charge in [0, 0.05) is 25.2 Å². The Morgan fingerprint density at radius 1 is 1.40 bits per heavy atom. The third-order valence-corrected chi connectivity index (χ3v) is 2.51. The molecule has 10 heavy (non-hydrogen) atoms. The van der Waals surface area contributed by atoms with Gasteiger partial charge in [-0.25, -0.2) is 0 Å². The molecular formula is C7H15BrN2. The Balaban J connectivity index is 2.35. The number of halogens is 1. The molecule has 0 aromatic rings. The van der Waals surface area contributed by atoms with Crippen LogP contribution in [0.1, 0.15) is 13.8 Å². The summed E-state index contributed by atoms with van der Waals surface area (Å²) in [6.45, 7) is 6.78. The predicted octanol–water partition coefficient (Wildman–Crippen LogP) is 1.02. The minimum absolute atomic E-state index is 0.640. The topological polar surface area (TPSA) is 15.3 Å². The molecule has 3 heteroatoms. The van der Waals surface area contributed by atoms with E-state index < -0.39 is 0 Å². The van der Waals surface area contributed by atoms with Crippen molar-refractivity contribution in [1.29, 1.82) is 0 Å². The van der Waals surface area contributed by atoms with Gasteiger partial charge in [0.15, 0.2) is 0 Å². The summed E-state index contributed by atoms with van der Waals surface area (Å²) >= 11 is 3.46. The Morgan fingerprint density at radius 2 is 1.90 bits per heavy atom. The molecule has 0 amide bonds. The highest BCUT2D eigenvalue weighted by Gasteiger charge is 2.19. The number of hydrogen-bond acceptors (Lipinski definition) is 2. The molecule has 0 aliphatic carbocycles. The summed E-state index contributed by atoms with van der Waals surface area (Å²) in [5.41, 5.74) is 1.00. The highest BCUT2D eigenvalue weighted by atomic mass is 79.9. The first kappa shape index (κ1) is 8.50. The number of piperazine rings is 1. The summed E-state index contributed by atoms with van der Waals surface area (Å²) in [5, 5.41) is 3.48. The van der Waals surface area contributed by atoms with Crippen molar-refractivity contribution in [3.05, 3.63) is 0 Å². The standard InChI is InChI=1S/C7H15BrN2/c1-6-3-10(5-8)4-7(2)9-6/h6-7,9H,3-5H2,1-2H3. The van der Waals surface area contributed by atoms with Crippen LogP contribution in [0.4, 0.5) is 0 Å². The van der Waals surface area contributed by atoms with Gasteiger partial charge in [-0.05, 0) is 13.8 Å². The van der Waals surface area contributed by atoms with Gasteiger partial charge in [-0.1, -0.05) is 15.9 Å². The van der Waals surface area contributed by atoms with Gasteiger partial charge < -0.3 is 5.32 Å². The third kappa shape index (κ3) is 2.22. The first-order valence-corrected chi connectivity index (χ1v) is 4.89. The molecule has 2 unspecified atom stereocenters. The molecule has 1 aliphatic rings. The Morgan fingerprint density at radius 3 is 2.30 bits per heavy atom. The zero-order chi connectivity index (χ0) is 7.56. The zero-order valence-electron chi connectivity index (χ0n) is 6.60. The average molecular weight is 207 g/mol. The third-order valence-electron chi connectivity index (χ3n) is 1.80. The monoisotopic (exact) mass is 206 g/mol. The first-order chi connectivity index (χ1) is 4.72. The number of hydrogen-bond donors (Lipinski definition) is 1. The first-order valence-electron chi connectivity index (χ1n) is 3.76. The van der Waals surface area contributed by atoms with Gasteiger partial charge in [-0.2, -0.15) is 0 Å². The van der Waals surface area contributed by atoms with Crippen molar-refractivity contribution >= 4 is 15.9 Å². The highest BCUT2D eigenvalue weighted by molar-refractivity contribution is 9.09. The van der Waals surface area contributed by atoms with Crippen molar-refractivity contribution < 1.29 is 0 Å². The minimum Gasteiger partial charge on any atom is -0.309 e. The van der Waals surface area contributed by atoms with Crippen LogP contribution in [0.5, 0.6) is 0 Å². The maximum Gasteiger partial charge on any atom is 0.0543 e. The average Bonchev–Trinajstić information content (AvgIpc) is 1.85. The van der Waals surface area contributed by atoms with E-state index in [9.17, 15) is 0 Å². The maximum absolute atomic E-state index is 3.48. The summed E-state index contributed by atoms with van der Waals surface area (Å²) in [6, 6.07) is 1.28. The van der Waals surface area contributed by atoms with E-state index in [1.807, 2.05) is 0 Å². The molecule has 0 aromatic heterocycles. The summed E-state index contributed by atoms with van der Waals surface area (Å²) in [4.78, 5) is 2.41. The molecule has 0 bridgehead atoms. The van der Waals surface area contributed by atoms with E-state index in [1.165, 1.54) is 0 Å².